The monoisotopic (exact) mass is 529 g/mol. The lowest BCUT2D eigenvalue weighted by Crippen LogP contribution is -2.48. The molecule has 0 bridgehead atoms. The van der Waals surface area contributed by atoms with Crippen LogP contribution in [0.15, 0.2) is 59.8 Å². The minimum atomic E-state index is 0.0664. The zero-order valence-corrected chi connectivity index (χ0v) is 22.3. The van der Waals surface area contributed by atoms with Crippen molar-refractivity contribution >= 4 is 52.4 Å². The summed E-state index contributed by atoms with van der Waals surface area (Å²) in [4.78, 5) is 28.3. The quantitative estimate of drug-likeness (QED) is 0.206. The minimum absolute atomic E-state index is 0.0664. The number of hydrogen-bond acceptors (Lipinski definition) is 6. The largest absolute Gasteiger partial charge is 0.368 e. The molecule has 1 aliphatic heterocycles. The first kappa shape index (κ1) is 25.6. The SMILES string of the molecule is CCCN(C)c1cc(Cl)nc(SCc2ccc(C(=O)N3CCN(c4cccc(Cl)c4)CC3)cc2)n1. The van der Waals surface area contributed by atoms with Gasteiger partial charge in [0.1, 0.15) is 11.0 Å². The zero-order valence-electron chi connectivity index (χ0n) is 20.0. The van der Waals surface area contributed by atoms with Crippen LogP contribution in [-0.4, -0.2) is 60.5 Å². The van der Waals surface area contributed by atoms with Gasteiger partial charge in [0.25, 0.3) is 5.91 Å². The third-order valence-electron chi connectivity index (χ3n) is 5.92. The van der Waals surface area contributed by atoms with Crippen molar-refractivity contribution in [1.29, 1.82) is 0 Å². The minimum Gasteiger partial charge on any atom is -0.368 e. The molecule has 0 N–H and O–H groups in total. The van der Waals surface area contributed by atoms with Crippen molar-refractivity contribution in [2.24, 2.45) is 0 Å². The van der Waals surface area contributed by atoms with Crippen molar-refractivity contribution < 1.29 is 4.79 Å². The molecule has 2 aromatic carbocycles. The van der Waals surface area contributed by atoms with E-state index in [9.17, 15) is 4.79 Å². The van der Waals surface area contributed by atoms with Crippen molar-refractivity contribution in [3.63, 3.8) is 0 Å². The normalized spacial score (nSPS) is 13.7. The van der Waals surface area contributed by atoms with Crippen LogP contribution in [0.2, 0.25) is 10.2 Å². The molecule has 3 aromatic rings. The fourth-order valence-electron chi connectivity index (χ4n) is 4.01. The van der Waals surface area contributed by atoms with E-state index in [1.807, 2.05) is 54.4 Å². The molecule has 0 unspecified atom stereocenters. The van der Waals surface area contributed by atoms with E-state index in [1.165, 1.54) is 11.8 Å². The molecule has 6 nitrogen and oxygen atoms in total. The summed E-state index contributed by atoms with van der Waals surface area (Å²) in [6.45, 7) is 5.98. The van der Waals surface area contributed by atoms with Gasteiger partial charge < -0.3 is 14.7 Å². The molecule has 1 aromatic heterocycles. The molecule has 0 aliphatic carbocycles. The van der Waals surface area contributed by atoms with Gasteiger partial charge in [0.2, 0.25) is 0 Å². The summed E-state index contributed by atoms with van der Waals surface area (Å²) in [6, 6.07) is 17.4. The Morgan fingerprint density at radius 1 is 1.03 bits per heavy atom. The van der Waals surface area contributed by atoms with Crippen LogP contribution in [0.1, 0.15) is 29.3 Å². The lowest BCUT2D eigenvalue weighted by atomic mass is 10.1. The standard InChI is InChI=1S/C26H29Cl2N5OS/c1-3-11-31(2)24-17-23(28)29-26(30-24)35-18-19-7-9-20(10-8-19)25(34)33-14-12-32(13-15-33)22-6-4-5-21(27)16-22/h4-10,16-17H,3,11-15,18H2,1-2H3. The summed E-state index contributed by atoms with van der Waals surface area (Å²) in [5.74, 6) is 1.59. The van der Waals surface area contributed by atoms with Crippen LogP contribution in [0.5, 0.6) is 0 Å². The van der Waals surface area contributed by atoms with Gasteiger partial charge in [-0.05, 0) is 42.3 Å². The highest BCUT2D eigenvalue weighted by atomic mass is 35.5. The second-order valence-electron chi connectivity index (χ2n) is 8.50. The smallest absolute Gasteiger partial charge is 0.253 e. The Bertz CT molecular complexity index is 1150. The molecule has 0 atom stereocenters. The van der Waals surface area contributed by atoms with E-state index in [4.69, 9.17) is 23.2 Å². The molecule has 35 heavy (non-hydrogen) atoms. The van der Waals surface area contributed by atoms with Gasteiger partial charge in [-0.15, -0.1) is 0 Å². The fourth-order valence-corrected chi connectivity index (χ4v) is 5.23. The summed E-state index contributed by atoms with van der Waals surface area (Å²) >= 11 is 13.9. The van der Waals surface area contributed by atoms with Crippen LogP contribution in [0.25, 0.3) is 0 Å². The number of thioether (sulfide) groups is 1. The topological polar surface area (TPSA) is 52.6 Å². The maximum atomic E-state index is 13.0. The molecule has 4 rings (SSSR count). The Morgan fingerprint density at radius 2 is 1.77 bits per heavy atom. The van der Waals surface area contributed by atoms with Gasteiger partial charge in [0.15, 0.2) is 5.16 Å². The summed E-state index contributed by atoms with van der Waals surface area (Å²) in [5, 5.41) is 1.82. The Labute approximate surface area is 221 Å². The van der Waals surface area contributed by atoms with Crippen molar-refractivity contribution in [3.05, 3.63) is 75.9 Å². The number of nitrogens with zero attached hydrogens (tertiary/aromatic N) is 5. The van der Waals surface area contributed by atoms with E-state index in [0.717, 1.165) is 48.1 Å². The second-order valence-corrected chi connectivity index (χ2v) is 10.3. The van der Waals surface area contributed by atoms with Gasteiger partial charge in [-0.3, -0.25) is 4.79 Å². The molecule has 184 valence electrons. The molecule has 1 aliphatic rings. The Hall–Kier alpha value is -2.48. The van der Waals surface area contributed by atoms with E-state index in [-0.39, 0.29) is 5.91 Å². The summed E-state index contributed by atoms with van der Waals surface area (Å²) in [5.41, 5.74) is 2.90. The summed E-state index contributed by atoms with van der Waals surface area (Å²) in [7, 11) is 2.00. The van der Waals surface area contributed by atoms with E-state index in [2.05, 4.69) is 32.8 Å². The number of anilines is 2. The van der Waals surface area contributed by atoms with E-state index >= 15 is 0 Å². The summed E-state index contributed by atoms with van der Waals surface area (Å²) in [6.07, 6.45) is 1.03. The first-order chi connectivity index (χ1) is 16.9. The van der Waals surface area contributed by atoms with Crippen LogP contribution >= 0.6 is 35.0 Å². The van der Waals surface area contributed by atoms with Crippen LogP contribution in [0.3, 0.4) is 0 Å². The molecule has 1 fully saturated rings. The lowest BCUT2D eigenvalue weighted by molar-refractivity contribution is 0.0747. The number of piperazine rings is 1. The van der Waals surface area contributed by atoms with Crippen LogP contribution in [0.4, 0.5) is 11.5 Å². The molecular formula is C26H29Cl2N5OS. The van der Waals surface area contributed by atoms with Crippen LogP contribution in [0, 0.1) is 0 Å². The molecule has 2 heterocycles. The van der Waals surface area contributed by atoms with Gasteiger partial charge in [-0.1, -0.05) is 60.1 Å². The highest BCUT2D eigenvalue weighted by Crippen LogP contribution is 2.25. The maximum absolute atomic E-state index is 13.0. The average molecular weight is 531 g/mol. The van der Waals surface area contributed by atoms with Gasteiger partial charge in [0, 0.05) is 67.9 Å². The van der Waals surface area contributed by atoms with Crippen molar-refractivity contribution in [2.45, 2.75) is 24.3 Å². The van der Waals surface area contributed by atoms with E-state index in [1.54, 1.807) is 6.07 Å². The Morgan fingerprint density at radius 3 is 2.46 bits per heavy atom. The first-order valence-electron chi connectivity index (χ1n) is 11.7. The van der Waals surface area contributed by atoms with E-state index in [0.29, 0.717) is 34.7 Å². The van der Waals surface area contributed by atoms with Crippen LogP contribution < -0.4 is 9.80 Å². The molecule has 0 radical (unpaired) electrons. The van der Waals surface area contributed by atoms with Crippen molar-refractivity contribution in [1.82, 2.24) is 14.9 Å². The highest BCUT2D eigenvalue weighted by Gasteiger charge is 2.22. The molecular weight excluding hydrogens is 501 g/mol. The molecule has 0 saturated carbocycles. The number of amides is 1. The lowest BCUT2D eigenvalue weighted by Gasteiger charge is -2.36. The van der Waals surface area contributed by atoms with Gasteiger partial charge in [0.05, 0.1) is 0 Å². The number of benzene rings is 2. The zero-order chi connectivity index (χ0) is 24.8. The fraction of sp³-hybridized carbons (Fsp3) is 0.346. The van der Waals surface area contributed by atoms with Gasteiger partial charge >= 0.3 is 0 Å². The number of carbonyl (C=O) groups excluding carboxylic acids is 1. The highest BCUT2D eigenvalue weighted by molar-refractivity contribution is 7.98. The summed E-state index contributed by atoms with van der Waals surface area (Å²) < 4.78 is 0. The number of halogens is 2. The number of aromatic nitrogens is 2. The Balaban J connectivity index is 1.32. The molecule has 1 saturated heterocycles. The average Bonchev–Trinajstić information content (AvgIpc) is 2.87. The first-order valence-corrected chi connectivity index (χ1v) is 13.4. The van der Waals surface area contributed by atoms with Crippen LogP contribution in [-0.2, 0) is 5.75 Å². The third kappa shape index (κ3) is 6.81. The number of rotatable bonds is 8. The molecule has 9 heteroatoms. The Kier molecular flexibility index (Phi) is 8.76. The van der Waals surface area contributed by atoms with Crippen molar-refractivity contribution in [2.75, 3.05) is 49.6 Å². The predicted molar refractivity (Wildman–Crippen MR) is 146 cm³/mol. The third-order valence-corrected chi connectivity index (χ3v) is 7.27. The number of hydrogen-bond donors (Lipinski definition) is 0. The van der Waals surface area contributed by atoms with Crippen molar-refractivity contribution in [3.8, 4) is 0 Å². The van der Waals surface area contributed by atoms with Gasteiger partial charge in [-0.25, -0.2) is 9.97 Å². The predicted octanol–water partition coefficient (Wildman–Crippen LogP) is 5.88. The molecule has 1 amide bonds. The molecule has 0 spiro atoms. The maximum Gasteiger partial charge on any atom is 0.253 e. The second kappa shape index (κ2) is 12.0. The van der Waals surface area contributed by atoms with E-state index < -0.39 is 0 Å². The van der Waals surface area contributed by atoms with Gasteiger partial charge in [-0.2, -0.15) is 0 Å². The number of carbonyl (C=O) groups is 1.